The highest BCUT2D eigenvalue weighted by molar-refractivity contribution is 5.83. The van der Waals surface area contributed by atoms with Gasteiger partial charge in [0.2, 0.25) is 0 Å². The van der Waals surface area contributed by atoms with Crippen molar-refractivity contribution in [1.82, 2.24) is 15.2 Å². The Balaban J connectivity index is 2.54. The zero-order valence-electron chi connectivity index (χ0n) is 6.69. The van der Waals surface area contributed by atoms with Crippen molar-refractivity contribution in [2.24, 2.45) is 0 Å². The van der Waals surface area contributed by atoms with Gasteiger partial charge in [-0.2, -0.15) is 5.10 Å². The number of aromatic nitrogens is 3. The number of rotatable bonds is 2. The van der Waals surface area contributed by atoms with E-state index in [0.717, 1.165) is 5.39 Å². The number of carbonyl (C=O) groups is 1. The van der Waals surface area contributed by atoms with Gasteiger partial charge in [-0.1, -0.05) is 0 Å². The van der Waals surface area contributed by atoms with Crippen LogP contribution in [0.1, 0.15) is 5.69 Å². The molecule has 0 saturated heterocycles. The van der Waals surface area contributed by atoms with E-state index in [9.17, 15) is 4.79 Å². The Morgan fingerprint density at radius 3 is 3.23 bits per heavy atom. The first-order valence-corrected chi connectivity index (χ1v) is 3.76. The SMILES string of the molecule is O=C(O)Cc1nccc2cn[nH]c12. The van der Waals surface area contributed by atoms with E-state index in [4.69, 9.17) is 5.11 Å². The molecule has 0 amide bonds. The van der Waals surface area contributed by atoms with Crippen molar-refractivity contribution in [1.29, 1.82) is 0 Å². The number of H-pyrrole nitrogens is 1. The third-order valence-corrected chi connectivity index (χ3v) is 1.76. The van der Waals surface area contributed by atoms with Crippen LogP contribution in [-0.2, 0) is 11.2 Å². The van der Waals surface area contributed by atoms with Crippen LogP contribution in [0, 0.1) is 0 Å². The van der Waals surface area contributed by atoms with Crippen LogP contribution < -0.4 is 0 Å². The fourth-order valence-corrected chi connectivity index (χ4v) is 1.20. The zero-order chi connectivity index (χ0) is 9.26. The summed E-state index contributed by atoms with van der Waals surface area (Å²) in [6.07, 6.45) is 3.14. The average molecular weight is 177 g/mol. The molecule has 0 saturated carbocycles. The Hall–Kier alpha value is -1.91. The van der Waals surface area contributed by atoms with Gasteiger partial charge in [0.25, 0.3) is 0 Å². The van der Waals surface area contributed by atoms with Crippen molar-refractivity contribution in [3.63, 3.8) is 0 Å². The number of carboxylic acid groups (broad SMARTS) is 1. The number of aromatic amines is 1. The summed E-state index contributed by atoms with van der Waals surface area (Å²) < 4.78 is 0. The molecular formula is C8H7N3O2. The van der Waals surface area contributed by atoms with Crippen LogP contribution >= 0.6 is 0 Å². The molecule has 0 aliphatic carbocycles. The lowest BCUT2D eigenvalue weighted by molar-refractivity contribution is -0.136. The molecule has 2 aromatic heterocycles. The quantitative estimate of drug-likeness (QED) is 0.703. The highest BCUT2D eigenvalue weighted by Crippen LogP contribution is 2.12. The molecule has 13 heavy (non-hydrogen) atoms. The van der Waals surface area contributed by atoms with Crippen molar-refractivity contribution in [2.75, 3.05) is 0 Å². The molecule has 0 aliphatic heterocycles. The second-order valence-electron chi connectivity index (χ2n) is 2.66. The largest absolute Gasteiger partial charge is 0.481 e. The van der Waals surface area contributed by atoms with Crippen LogP contribution in [0.3, 0.4) is 0 Å². The lowest BCUT2D eigenvalue weighted by Crippen LogP contribution is -2.02. The first-order valence-electron chi connectivity index (χ1n) is 3.76. The van der Waals surface area contributed by atoms with Gasteiger partial charge in [0.15, 0.2) is 0 Å². The van der Waals surface area contributed by atoms with Crippen LogP contribution in [0.15, 0.2) is 18.5 Å². The van der Waals surface area contributed by atoms with E-state index in [1.807, 2.05) is 0 Å². The van der Waals surface area contributed by atoms with Gasteiger partial charge < -0.3 is 5.11 Å². The van der Waals surface area contributed by atoms with E-state index in [1.165, 1.54) is 0 Å². The standard InChI is InChI=1S/C8H7N3O2/c12-7(13)3-6-8-5(1-2-9-6)4-10-11-8/h1-2,4H,3H2,(H,10,11)(H,12,13). The molecule has 0 bridgehead atoms. The highest BCUT2D eigenvalue weighted by atomic mass is 16.4. The molecule has 0 atom stereocenters. The van der Waals surface area contributed by atoms with Crippen molar-refractivity contribution in [2.45, 2.75) is 6.42 Å². The van der Waals surface area contributed by atoms with Gasteiger partial charge in [0.05, 0.1) is 23.8 Å². The molecule has 0 fully saturated rings. The van der Waals surface area contributed by atoms with E-state index in [-0.39, 0.29) is 6.42 Å². The van der Waals surface area contributed by atoms with Crippen LogP contribution in [-0.4, -0.2) is 26.3 Å². The van der Waals surface area contributed by atoms with Gasteiger partial charge in [-0.25, -0.2) is 0 Å². The number of nitrogens with one attached hydrogen (secondary N) is 1. The lowest BCUT2D eigenvalue weighted by Gasteiger charge is -1.96. The molecule has 66 valence electrons. The maximum atomic E-state index is 10.5. The molecule has 2 aromatic rings. The minimum absolute atomic E-state index is 0.0838. The number of nitrogens with zero attached hydrogens (tertiary/aromatic N) is 2. The highest BCUT2D eigenvalue weighted by Gasteiger charge is 2.07. The van der Waals surface area contributed by atoms with E-state index in [0.29, 0.717) is 11.2 Å². The molecule has 0 unspecified atom stereocenters. The van der Waals surface area contributed by atoms with Crippen LogP contribution in [0.4, 0.5) is 0 Å². The Labute approximate surface area is 73.4 Å². The second-order valence-corrected chi connectivity index (χ2v) is 2.66. The molecule has 0 aromatic carbocycles. The maximum Gasteiger partial charge on any atom is 0.309 e. The first-order chi connectivity index (χ1) is 6.27. The fourth-order valence-electron chi connectivity index (χ4n) is 1.20. The van der Waals surface area contributed by atoms with Gasteiger partial charge in [-0.15, -0.1) is 0 Å². The Morgan fingerprint density at radius 1 is 1.62 bits per heavy atom. The number of fused-ring (bicyclic) bond motifs is 1. The summed E-state index contributed by atoms with van der Waals surface area (Å²) in [5.74, 6) is -0.894. The van der Waals surface area contributed by atoms with Gasteiger partial charge in [-0.3, -0.25) is 14.9 Å². The van der Waals surface area contributed by atoms with Crippen molar-refractivity contribution < 1.29 is 9.90 Å². The van der Waals surface area contributed by atoms with E-state index < -0.39 is 5.97 Å². The van der Waals surface area contributed by atoms with Gasteiger partial charge in [0.1, 0.15) is 0 Å². The van der Waals surface area contributed by atoms with Crippen molar-refractivity contribution >= 4 is 16.9 Å². The summed E-state index contributed by atoms with van der Waals surface area (Å²) >= 11 is 0. The number of pyridine rings is 1. The first kappa shape index (κ1) is 7.72. The van der Waals surface area contributed by atoms with E-state index in [2.05, 4.69) is 15.2 Å². The molecule has 5 heteroatoms. The average Bonchev–Trinajstić information content (AvgIpc) is 2.51. The van der Waals surface area contributed by atoms with Gasteiger partial charge in [0, 0.05) is 11.6 Å². The van der Waals surface area contributed by atoms with Crippen LogP contribution in [0.2, 0.25) is 0 Å². The molecule has 5 nitrogen and oxygen atoms in total. The topological polar surface area (TPSA) is 78.9 Å². The van der Waals surface area contributed by atoms with Crippen LogP contribution in [0.25, 0.3) is 10.9 Å². The van der Waals surface area contributed by atoms with Crippen LogP contribution in [0.5, 0.6) is 0 Å². The third kappa shape index (κ3) is 1.35. The summed E-state index contributed by atoms with van der Waals surface area (Å²) in [6.45, 7) is 0. The summed E-state index contributed by atoms with van der Waals surface area (Å²) in [5.41, 5.74) is 1.22. The molecule has 2 heterocycles. The van der Waals surface area contributed by atoms with Crippen molar-refractivity contribution in [3.05, 3.63) is 24.2 Å². The molecule has 0 spiro atoms. The third-order valence-electron chi connectivity index (χ3n) is 1.76. The smallest absolute Gasteiger partial charge is 0.309 e. The second kappa shape index (κ2) is 2.85. The molecular weight excluding hydrogens is 170 g/mol. The maximum absolute atomic E-state index is 10.5. The number of hydrogen-bond donors (Lipinski definition) is 2. The summed E-state index contributed by atoms with van der Waals surface area (Å²) in [4.78, 5) is 14.4. The van der Waals surface area contributed by atoms with Crippen molar-refractivity contribution in [3.8, 4) is 0 Å². The fraction of sp³-hybridized carbons (Fsp3) is 0.125. The van der Waals surface area contributed by atoms with Gasteiger partial charge >= 0.3 is 5.97 Å². The van der Waals surface area contributed by atoms with Gasteiger partial charge in [-0.05, 0) is 6.07 Å². The number of hydrogen-bond acceptors (Lipinski definition) is 3. The Kier molecular flexibility index (Phi) is 1.70. The summed E-state index contributed by atoms with van der Waals surface area (Å²) in [7, 11) is 0. The predicted molar refractivity (Wildman–Crippen MR) is 45.2 cm³/mol. The summed E-state index contributed by atoms with van der Waals surface area (Å²) in [5, 5.41) is 16.0. The predicted octanol–water partition coefficient (Wildman–Crippen LogP) is 0.585. The molecule has 0 aliphatic rings. The molecule has 0 radical (unpaired) electrons. The molecule has 2 N–H and O–H groups in total. The molecule has 2 rings (SSSR count). The lowest BCUT2D eigenvalue weighted by atomic mass is 10.2. The Bertz CT molecular complexity index is 449. The summed E-state index contributed by atoms with van der Waals surface area (Å²) in [6, 6.07) is 1.78. The number of carboxylic acids is 1. The minimum atomic E-state index is -0.894. The normalized spacial score (nSPS) is 10.5. The van der Waals surface area contributed by atoms with E-state index in [1.54, 1.807) is 18.5 Å². The minimum Gasteiger partial charge on any atom is -0.481 e. The monoisotopic (exact) mass is 177 g/mol. The van der Waals surface area contributed by atoms with E-state index >= 15 is 0 Å². The Morgan fingerprint density at radius 2 is 2.46 bits per heavy atom. The zero-order valence-corrected chi connectivity index (χ0v) is 6.69. The number of aliphatic carboxylic acids is 1.